The van der Waals surface area contributed by atoms with Crippen LogP contribution in [-0.2, 0) is 0 Å². The van der Waals surface area contributed by atoms with E-state index in [1.807, 2.05) is 0 Å². The molecular weight excluding hydrogens is 378 g/mol. The Morgan fingerprint density at radius 1 is 1.00 bits per heavy atom. The van der Waals surface area contributed by atoms with Gasteiger partial charge in [-0.3, -0.25) is 19.7 Å². The number of amides is 2. The number of hydrogen-bond donors (Lipinski definition) is 0. The fourth-order valence-corrected chi connectivity index (χ4v) is 3.41. The molecule has 0 fully saturated rings. The largest absolute Gasteiger partial charge is 0.454 e. The first-order valence-corrected chi connectivity index (χ1v) is 8.56. The number of carbonyl (C=O) groups is 2. The highest BCUT2D eigenvalue weighted by molar-refractivity contribution is 6.25. The third kappa shape index (κ3) is 2.59. The molecule has 0 unspecified atom stereocenters. The van der Waals surface area contributed by atoms with Gasteiger partial charge in [0, 0.05) is 17.5 Å². The van der Waals surface area contributed by atoms with Gasteiger partial charge in [0.1, 0.15) is 0 Å². The van der Waals surface area contributed by atoms with Gasteiger partial charge in [0.05, 0.1) is 22.3 Å². The molecule has 29 heavy (non-hydrogen) atoms. The zero-order valence-electron chi connectivity index (χ0n) is 14.7. The van der Waals surface area contributed by atoms with Crippen LogP contribution < -0.4 is 9.47 Å². The minimum Gasteiger partial charge on any atom is -0.454 e. The Morgan fingerprint density at radius 3 is 2.62 bits per heavy atom. The van der Waals surface area contributed by atoms with E-state index in [0.29, 0.717) is 32.8 Å². The fraction of sp³-hybridized carbons (Fsp3) is 0.0500. The summed E-state index contributed by atoms with van der Waals surface area (Å²) in [6, 6.07) is 12.4. The van der Waals surface area contributed by atoms with Crippen LogP contribution in [0.1, 0.15) is 26.3 Å². The van der Waals surface area contributed by atoms with Crippen molar-refractivity contribution in [1.29, 1.82) is 0 Å². The van der Waals surface area contributed by atoms with Crippen molar-refractivity contribution in [2.24, 2.45) is 5.10 Å². The van der Waals surface area contributed by atoms with E-state index in [4.69, 9.17) is 9.47 Å². The number of benzene rings is 3. The molecule has 142 valence electrons. The maximum absolute atomic E-state index is 12.9. The summed E-state index contributed by atoms with van der Waals surface area (Å²) in [6.07, 6.45) is 1.35. The van der Waals surface area contributed by atoms with Gasteiger partial charge in [-0.25, -0.2) is 0 Å². The Morgan fingerprint density at radius 2 is 1.79 bits per heavy atom. The zero-order chi connectivity index (χ0) is 20.1. The predicted octanol–water partition coefficient (Wildman–Crippen LogP) is 3.11. The predicted molar refractivity (Wildman–Crippen MR) is 101 cm³/mol. The summed E-state index contributed by atoms with van der Waals surface area (Å²) in [5.41, 5.74) is 0.687. The molecule has 9 nitrogen and oxygen atoms in total. The number of hydrogen-bond acceptors (Lipinski definition) is 7. The molecule has 0 atom stereocenters. The van der Waals surface area contributed by atoms with Gasteiger partial charge >= 0.3 is 0 Å². The van der Waals surface area contributed by atoms with Crippen molar-refractivity contribution in [1.82, 2.24) is 5.01 Å². The quantitative estimate of drug-likeness (QED) is 0.294. The first-order chi connectivity index (χ1) is 14.0. The van der Waals surface area contributed by atoms with Crippen LogP contribution in [0.3, 0.4) is 0 Å². The molecule has 2 aliphatic rings. The second-order valence-corrected chi connectivity index (χ2v) is 6.43. The van der Waals surface area contributed by atoms with Gasteiger partial charge in [-0.1, -0.05) is 12.1 Å². The summed E-state index contributed by atoms with van der Waals surface area (Å²) < 4.78 is 10.5. The number of rotatable bonds is 3. The minimum absolute atomic E-state index is 0.0623. The summed E-state index contributed by atoms with van der Waals surface area (Å²) in [7, 11) is 0. The Balaban J connectivity index is 1.58. The van der Waals surface area contributed by atoms with Crippen LogP contribution in [0.2, 0.25) is 0 Å². The first-order valence-electron chi connectivity index (χ1n) is 8.56. The molecule has 5 rings (SSSR count). The highest BCUT2D eigenvalue weighted by atomic mass is 16.7. The van der Waals surface area contributed by atoms with E-state index in [-0.39, 0.29) is 23.6 Å². The van der Waals surface area contributed by atoms with Crippen LogP contribution >= 0.6 is 0 Å². The lowest BCUT2D eigenvalue weighted by Crippen LogP contribution is -2.36. The van der Waals surface area contributed by atoms with Crippen LogP contribution in [0.15, 0.2) is 53.6 Å². The number of nitro benzene ring substituents is 1. The van der Waals surface area contributed by atoms with Crippen molar-refractivity contribution in [3.8, 4) is 11.5 Å². The average molecular weight is 389 g/mol. The van der Waals surface area contributed by atoms with E-state index < -0.39 is 16.7 Å². The van der Waals surface area contributed by atoms with Crippen LogP contribution in [0.5, 0.6) is 11.5 Å². The van der Waals surface area contributed by atoms with Gasteiger partial charge < -0.3 is 9.47 Å². The van der Waals surface area contributed by atoms with E-state index >= 15 is 0 Å². The number of imide groups is 1. The summed E-state index contributed by atoms with van der Waals surface area (Å²) >= 11 is 0. The van der Waals surface area contributed by atoms with E-state index in [2.05, 4.69) is 5.10 Å². The van der Waals surface area contributed by atoms with Crippen LogP contribution in [0.25, 0.3) is 10.8 Å². The topological polar surface area (TPSA) is 111 Å². The molecule has 0 radical (unpaired) electrons. The lowest BCUT2D eigenvalue weighted by Gasteiger charge is -2.22. The van der Waals surface area contributed by atoms with Crippen molar-refractivity contribution in [2.45, 2.75) is 0 Å². The van der Waals surface area contributed by atoms with Crippen LogP contribution in [-0.4, -0.2) is 34.8 Å². The lowest BCUT2D eigenvalue weighted by atomic mass is 9.94. The zero-order valence-corrected chi connectivity index (χ0v) is 14.7. The number of nitrogens with zero attached hydrogens (tertiary/aromatic N) is 3. The molecule has 2 amide bonds. The molecule has 0 saturated heterocycles. The Kier molecular flexibility index (Phi) is 3.56. The van der Waals surface area contributed by atoms with E-state index in [0.717, 1.165) is 0 Å². The maximum Gasteiger partial charge on any atom is 0.282 e. The van der Waals surface area contributed by atoms with Gasteiger partial charge in [0.15, 0.2) is 11.5 Å². The van der Waals surface area contributed by atoms with Gasteiger partial charge in [0.25, 0.3) is 17.5 Å². The second kappa shape index (κ2) is 6.13. The Labute approximate surface area is 162 Å². The van der Waals surface area contributed by atoms with Crippen molar-refractivity contribution >= 4 is 34.5 Å². The van der Waals surface area contributed by atoms with Gasteiger partial charge in [-0.05, 0) is 35.2 Å². The minimum atomic E-state index is -0.723. The SMILES string of the molecule is O=C1c2cccc3cc([N+](=O)[O-])cc(c23)C(=O)N1/N=C/c1ccc2c(c1)OCO2. The van der Waals surface area contributed by atoms with Crippen LogP contribution in [0.4, 0.5) is 5.69 Å². The summed E-state index contributed by atoms with van der Waals surface area (Å²) in [6.45, 7) is 0.124. The number of nitro groups is 1. The molecule has 0 saturated carbocycles. The van der Waals surface area contributed by atoms with Crippen molar-refractivity contribution in [2.75, 3.05) is 6.79 Å². The van der Waals surface area contributed by atoms with E-state index in [1.165, 1.54) is 18.3 Å². The number of hydrazone groups is 1. The van der Waals surface area contributed by atoms with Gasteiger partial charge in [-0.15, -0.1) is 0 Å². The molecule has 3 aromatic rings. The Hall–Kier alpha value is -4.27. The van der Waals surface area contributed by atoms with Crippen molar-refractivity contribution < 1.29 is 24.0 Å². The molecule has 0 bridgehead atoms. The molecule has 0 aliphatic carbocycles. The Bertz CT molecular complexity index is 1270. The third-order valence-corrected chi connectivity index (χ3v) is 4.74. The summed E-state index contributed by atoms with van der Waals surface area (Å²) in [5, 5.41) is 16.8. The normalized spacial score (nSPS) is 14.8. The number of fused-ring (bicyclic) bond motifs is 1. The maximum atomic E-state index is 12.9. The third-order valence-electron chi connectivity index (χ3n) is 4.74. The fourth-order valence-electron chi connectivity index (χ4n) is 3.41. The highest BCUT2D eigenvalue weighted by Gasteiger charge is 2.34. The molecule has 0 aromatic heterocycles. The van der Waals surface area contributed by atoms with E-state index in [9.17, 15) is 19.7 Å². The monoisotopic (exact) mass is 389 g/mol. The second-order valence-electron chi connectivity index (χ2n) is 6.43. The van der Waals surface area contributed by atoms with Gasteiger partial charge in [-0.2, -0.15) is 10.1 Å². The number of carbonyl (C=O) groups excluding carboxylic acids is 2. The molecule has 3 aromatic carbocycles. The summed E-state index contributed by atoms with van der Waals surface area (Å²) in [5.74, 6) is -0.186. The molecule has 2 aliphatic heterocycles. The van der Waals surface area contributed by atoms with Crippen LogP contribution in [0, 0.1) is 10.1 Å². The van der Waals surface area contributed by atoms with E-state index in [1.54, 1.807) is 36.4 Å². The lowest BCUT2D eigenvalue weighted by molar-refractivity contribution is -0.384. The molecule has 0 spiro atoms. The highest BCUT2D eigenvalue weighted by Crippen LogP contribution is 2.34. The molecule has 0 N–H and O–H groups in total. The first kappa shape index (κ1) is 16.9. The van der Waals surface area contributed by atoms with Crippen molar-refractivity contribution in [3.05, 3.63) is 75.3 Å². The number of non-ortho nitro benzene ring substituents is 1. The number of ether oxygens (including phenoxy) is 2. The average Bonchev–Trinajstić information content (AvgIpc) is 3.19. The summed E-state index contributed by atoms with van der Waals surface area (Å²) in [4.78, 5) is 36.4. The van der Waals surface area contributed by atoms with Crippen molar-refractivity contribution in [3.63, 3.8) is 0 Å². The standard InChI is InChI=1S/C20H11N3O6/c24-19-14-3-1-2-12-7-13(23(26)27)8-15(18(12)14)20(25)22(19)21-9-11-4-5-16-17(6-11)29-10-28-16/h1-9H,10H2/b21-9+. The molecule has 9 heteroatoms. The molecule has 2 heterocycles. The smallest absolute Gasteiger partial charge is 0.282 e. The molecular formula is C20H11N3O6. The van der Waals surface area contributed by atoms with Gasteiger partial charge in [0.2, 0.25) is 6.79 Å².